The van der Waals surface area contributed by atoms with Crippen LogP contribution in [-0.2, 0) is 39.8 Å². The smallest absolute Gasteiger partial charge is 2.00 e. The number of hydrogen-bond donors (Lipinski definition) is 0. The van der Waals surface area contributed by atoms with Gasteiger partial charge in [-0.15, -0.1) is 11.6 Å². The van der Waals surface area contributed by atoms with Crippen molar-refractivity contribution in [1.29, 1.82) is 0 Å². The third-order valence-corrected chi connectivity index (χ3v) is 4.84. The molecule has 4 nitrogen and oxygen atoms in total. The minimum Gasteiger partial charge on any atom is 2.00 e. The average molecular weight is 838 g/mol. The van der Waals surface area contributed by atoms with E-state index in [9.17, 15) is 0 Å². The molecule has 7 heteroatoms. The molecule has 0 fully saturated rings. The molecule has 35 heavy (non-hydrogen) atoms. The van der Waals surface area contributed by atoms with E-state index in [0.29, 0.717) is 22.8 Å². The molecule has 0 bridgehead atoms. The maximum atomic E-state index is 6.02. The van der Waals surface area contributed by atoms with Gasteiger partial charge in [0.15, 0.2) is 7.05 Å². The van der Waals surface area contributed by atoms with Crippen LogP contribution in [0.15, 0.2) is 73.2 Å². The second-order valence-electron chi connectivity index (χ2n) is 7.34. The molecule has 0 saturated carbocycles. The Balaban J connectivity index is 0.00000111. The molecule has 1 aliphatic heterocycles. The molecule has 1 aliphatic rings. The summed E-state index contributed by atoms with van der Waals surface area (Å²) in [4.78, 5) is 4.45. The van der Waals surface area contributed by atoms with Crippen molar-refractivity contribution in [1.82, 2.24) is 4.98 Å². The van der Waals surface area contributed by atoms with Crippen LogP contribution in [0.1, 0.15) is 5.56 Å². The Labute approximate surface area is 235 Å². The van der Waals surface area contributed by atoms with Crippen molar-refractivity contribution in [2.24, 2.45) is 0 Å². The van der Waals surface area contributed by atoms with Crippen molar-refractivity contribution >= 4 is 21.1 Å². The van der Waals surface area contributed by atoms with Gasteiger partial charge in [0, 0.05) is 5.75 Å². The van der Waals surface area contributed by atoms with Gasteiger partial charge in [-0.1, -0.05) is 34.0 Å². The molecule has 0 aliphatic carbocycles. The molecule has 179 valence electrons. The number of aryl methyl sites for hydroxylation is 1. The number of nitrogens with zero attached hydrogens (tertiary/aromatic N) is 3. The summed E-state index contributed by atoms with van der Waals surface area (Å²) in [6.45, 7) is 2.04. The molecule has 0 atom stereocenters. The van der Waals surface area contributed by atoms with Crippen LogP contribution in [0.25, 0.3) is 22.4 Å². The molecule has 2 heterocycles. The summed E-state index contributed by atoms with van der Waals surface area (Å²) in [5, 5.41) is 0. The van der Waals surface area contributed by atoms with E-state index in [1.54, 1.807) is 31.0 Å². The molecule has 5 rings (SSSR count). The predicted octanol–water partition coefficient (Wildman–Crippen LogP) is 6.15. The van der Waals surface area contributed by atoms with Crippen molar-refractivity contribution in [3.05, 3.63) is 109 Å². The largest absolute Gasteiger partial charge is 2.00 e. The molecule has 0 amide bonds. The maximum Gasteiger partial charge on any atom is 2.00 e. The summed E-state index contributed by atoms with van der Waals surface area (Å²) >= 11 is 1.61. The minimum atomic E-state index is 0. The van der Waals surface area contributed by atoms with E-state index in [0.717, 1.165) is 16.8 Å². The number of ether oxygens (including phenoxy) is 1. The van der Waals surface area contributed by atoms with E-state index in [4.69, 9.17) is 4.74 Å². The summed E-state index contributed by atoms with van der Waals surface area (Å²) < 4.78 is 9.73. The standard InChI is InChI=1S/C28H18N3O.ClH.2Pt/c1-21-9-11-22(12-10-21)23-13-14-29-28(18-23)24-5-3-7-26(17-24)32-27-8-4-6-25(19-27)31-16-15-30(2)20-31;;;/h3-4,6-11,13-16H,1-2H3;1H;;/q-3;;+1;+2/p-1. The van der Waals surface area contributed by atoms with Crippen LogP contribution >= 0.6 is 9.42 Å². The molecule has 4 aromatic rings. The van der Waals surface area contributed by atoms with Crippen molar-refractivity contribution < 1.29 is 53.7 Å². The van der Waals surface area contributed by atoms with Gasteiger partial charge in [-0.05, 0) is 6.20 Å². The normalized spacial score (nSPS) is 11.6. The van der Waals surface area contributed by atoms with E-state index >= 15 is 0 Å². The zero-order chi connectivity index (χ0) is 23.9. The Morgan fingerprint density at radius 2 is 1.77 bits per heavy atom. The number of rotatable bonds is 5. The summed E-state index contributed by atoms with van der Waals surface area (Å²) in [5.41, 5.74) is 5.21. The fourth-order valence-electron chi connectivity index (χ4n) is 3.22. The average Bonchev–Trinajstić information content (AvgIpc) is 3.32. The predicted molar refractivity (Wildman–Crippen MR) is 127 cm³/mol. The minimum absolute atomic E-state index is 0. The molecule has 0 radical (unpaired) electrons. The first-order valence-electron chi connectivity index (χ1n) is 10.2. The second-order valence-corrected chi connectivity index (χ2v) is 7.34. The third kappa shape index (κ3) is 6.97. The summed E-state index contributed by atoms with van der Waals surface area (Å²) in [5.74, 6) is 1.14. The van der Waals surface area contributed by atoms with Gasteiger partial charge in [0.1, 0.15) is 5.69 Å². The van der Waals surface area contributed by atoms with Gasteiger partial charge in [-0.2, -0.15) is 48.2 Å². The summed E-state index contributed by atoms with van der Waals surface area (Å²) in [6.07, 6.45) is 5.59. The quantitative estimate of drug-likeness (QED) is 0.179. The molecular formula is C28H18ClN3OPt2-. The third-order valence-electron chi connectivity index (χ3n) is 4.84. The maximum absolute atomic E-state index is 6.02. The molecule has 0 spiro atoms. The first-order valence-corrected chi connectivity index (χ1v) is 13.1. The molecule has 3 aromatic carbocycles. The Morgan fingerprint density at radius 3 is 2.51 bits per heavy atom. The van der Waals surface area contributed by atoms with Gasteiger partial charge in [0.05, 0.1) is 0 Å². The van der Waals surface area contributed by atoms with E-state index in [1.807, 2.05) is 78.0 Å². The van der Waals surface area contributed by atoms with Crippen LogP contribution in [-0.4, -0.2) is 27.2 Å². The number of benzene rings is 3. The van der Waals surface area contributed by atoms with Crippen molar-refractivity contribution in [2.45, 2.75) is 6.92 Å². The first-order chi connectivity index (χ1) is 16.6. The van der Waals surface area contributed by atoms with E-state index in [1.165, 1.54) is 5.56 Å². The number of halogens is 1. The Hall–Kier alpha value is -2.60. The topological polar surface area (TPSA) is 28.1 Å². The van der Waals surface area contributed by atoms with E-state index < -0.39 is 0 Å². The second kappa shape index (κ2) is 12.9. The Morgan fingerprint density at radius 1 is 0.943 bits per heavy atom. The van der Waals surface area contributed by atoms with Crippen molar-refractivity contribution in [3.8, 4) is 33.9 Å². The number of hydrogen-bond acceptors (Lipinski definition) is 2. The van der Waals surface area contributed by atoms with Crippen molar-refractivity contribution in [2.75, 3.05) is 7.05 Å². The monoisotopic (exact) mass is 837 g/mol. The van der Waals surface area contributed by atoms with Crippen LogP contribution < -0.4 is 4.74 Å². The van der Waals surface area contributed by atoms with Crippen molar-refractivity contribution in [3.63, 3.8) is 0 Å². The first kappa shape index (κ1) is 27.0. The van der Waals surface area contributed by atoms with Crippen LogP contribution in [0.2, 0.25) is 0 Å². The molecule has 1 aromatic heterocycles. The van der Waals surface area contributed by atoms with Gasteiger partial charge < -0.3 is 21.4 Å². The summed E-state index contributed by atoms with van der Waals surface area (Å²) in [6, 6.07) is 36.8. The van der Waals surface area contributed by atoms with E-state index in [2.05, 4.69) is 56.8 Å². The van der Waals surface area contributed by atoms with Gasteiger partial charge >= 0.3 is 55.3 Å². The van der Waals surface area contributed by atoms with Crippen LogP contribution in [0, 0.1) is 37.3 Å². The fraction of sp³-hybridized carbons (Fsp3) is 0.0714. The zero-order valence-electron chi connectivity index (χ0n) is 18.7. The van der Waals surface area contributed by atoms with E-state index in [-0.39, 0.29) is 21.1 Å². The molecule has 0 N–H and O–H groups in total. The zero-order valence-corrected chi connectivity index (χ0v) is 24.0. The number of pyridine rings is 1. The van der Waals surface area contributed by atoms with Crippen LogP contribution in [0.4, 0.5) is 5.69 Å². The molecular weight excluding hydrogens is 820 g/mol. The Bertz CT molecular complexity index is 1410. The van der Waals surface area contributed by atoms with Crippen LogP contribution in [0.3, 0.4) is 0 Å². The SMILES string of the molecule is Cc1c[c-]c(-c2[c-]c(-c3[c-]ccc(Oc4[c-]c([N+]5=C=[N+](C)C=C5)ccc4)[c-]3)ncc2)cc1.[Cl][Pt].[Pt+2]. The molecule has 0 saturated heterocycles. The summed E-state index contributed by atoms with van der Waals surface area (Å²) in [7, 11) is 6.53. The van der Waals surface area contributed by atoms with Gasteiger partial charge in [-0.3, -0.25) is 12.1 Å². The fourth-order valence-corrected chi connectivity index (χ4v) is 3.22. The Kier molecular flexibility index (Phi) is 9.96. The van der Waals surface area contributed by atoms with Gasteiger partial charge in [0.2, 0.25) is 6.20 Å². The number of aromatic nitrogens is 1. The van der Waals surface area contributed by atoms with Gasteiger partial charge in [0.25, 0.3) is 6.20 Å². The van der Waals surface area contributed by atoms with Gasteiger partial charge in [-0.25, -0.2) is 17.2 Å². The van der Waals surface area contributed by atoms with Crippen LogP contribution in [0.5, 0.6) is 11.5 Å². The molecule has 0 unspecified atom stereocenters.